The van der Waals surface area contributed by atoms with Crippen molar-refractivity contribution in [3.05, 3.63) is 174 Å². The molecule has 0 unspecified atom stereocenters. The average molecular weight is 1180 g/mol. The molecule has 85 heavy (non-hydrogen) atoms. The van der Waals surface area contributed by atoms with Crippen LogP contribution >= 0.6 is 11.6 Å². The highest BCUT2D eigenvalue weighted by molar-refractivity contribution is 6.31. The molecular weight excluding hydrogens is 1120 g/mol. The minimum atomic E-state index is -0.443. The normalized spacial score (nSPS) is 10.9. The lowest BCUT2D eigenvalue weighted by molar-refractivity contribution is 0.215. The number of halogens is 2. The minimum absolute atomic E-state index is 0.181. The van der Waals surface area contributed by atoms with Crippen molar-refractivity contribution in [2.45, 2.75) is 34.6 Å². The molecule has 0 saturated carbocycles. The Hall–Kier alpha value is -11.4. The quantitative estimate of drug-likeness (QED) is 0.0323. The Morgan fingerprint density at radius 3 is 1.35 bits per heavy atom. The summed E-state index contributed by atoms with van der Waals surface area (Å²) in [4.78, 5) is 74.8. The van der Waals surface area contributed by atoms with Crippen LogP contribution in [0.3, 0.4) is 0 Å². The first kappa shape index (κ1) is 62.8. The largest absolute Gasteiger partial charge is 0.399 e. The van der Waals surface area contributed by atoms with E-state index in [-0.39, 0.29) is 28.2 Å². The van der Waals surface area contributed by atoms with Gasteiger partial charge in [-0.2, -0.15) is 0 Å². The number of nitrogens with zero attached hydrogens (tertiary/aromatic N) is 12. The first-order valence-corrected chi connectivity index (χ1v) is 25.4. The fourth-order valence-electron chi connectivity index (χ4n) is 7.66. The molecule has 28 nitrogen and oxygen atoms in total. The number of oxime groups is 4. The second-order valence-electron chi connectivity index (χ2n) is 17.6. The summed E-state index contributed by atoms with van der Waals surface area (Å²) in [5.74, 6) is 2.46. The SMILES string of the molecule is CO/N=C/c1c(N)ncnc1Nc1c(C)cc(C)cc1C.CO/N=C/c1c(N)ncnc1Nc1cc(C)ccc1F.CO/N=C/c1c(N)ncnc1Nc1cccc(Cl)c1C.CO/N=C/c1c(N)ncnc1Nc1cccc2c(=O)[nH][nH]c(=O)c12. The van der Waals surface area contributed by atoms with Crippen LogP contribution in [-0.2, 0) is 19.4 Å². The molecule has 0 bridgehead atoms. The van der Waals surface area contributed by atoms with Gasteiger partial charge in [0.25, 0.3) is 11.1 Å². The van der Waals surface area contributed by atoms with Gasteiger partial charge in [-0.3, -0.25) is 19.8 Å². The van der Waals surface area contributed by atoms with Crippen LogP contribution in [-0.4, -0.2) is 103 Å². The number of hydrogen-bond donors (Lipinski definition) is 10. The second-order valence-corrected chi connectivity index (χ2v) is 18.0. The Morgan fingerprint density at radius 1 is 0.494 bits per heavy atom. The number of nitrogens with two attached hydrogens (primary N) is 4. The molecule has 5 aromatic heterocycles. The van der Waals surface area contributed by atoms with Gasteiger partial charge in [-0.25, -0.2) is 44.3 Å². The lowest BCUT2D eigenvalue weighted by Gasteiger charge is -2.15. The van der Waals surface area contributed by atoms with E-state index in [0.717, 1.165) is 33.6 Å². The number of nitrogens with one attached hydrogen (secondary N) is 6. The van der Waals surface area contributed by atoms with Gasteiger partial charge in [0.05, 0.1) is 69.3 Å². The van der Waals surface area contributed by atoms with E-state index in [9.17, 15) is 14.0 Å². The predicted molar refractivity (Wildman–Crippen MR) is 330 cm³/mol. The molecule has 440 valence electrons. The highest BCUT2D eigenvalue weighted by atomic mass is 35.5. The van der Waals surface area contributed by atoms with Crippen LogP contribution in [0.25, 0.3) is 10.8 Å². The summed E-state index contributed by atoms with van der Waals surface area (Å²) in [5, 5.41) is 32.7. The van der Waals surface area contributed by atoms with Crippen LogP contribution in [0.4, 0.5) is 73.7 Å². The molecule has 9 rings (SSSR count). The number of nitrogen functional groups attached to an aromatic ring is 4. The number of aryl methyl sites for hydroxylation is 4. The van der Waals surface area contributed by atoms with Crippen LogP contribution in [0.5, 0.6) is 0 Å². The van der Waals surface area contributed by atoms with Crippen molar-refractivity contribution in [3.8, 4) is 0 Å². The number of H-pyrrole nitrogens is 2. The van der Waals surface area contributed by atoms with Crippen molar-refractivity contribution in [1.29, 1.82) is 0 Å². The molecule has 4 aromatic carbocycles. The summed E-state index contributed by atoms with van der Waals surface area (Å²) in [7, 11) is 5.71. The maximum absolute atomic E-state index is 13.7. The van der Waals surface area contributed by atoms with E-state index in [1.807, 2.05) is 32.0 Å². The number of anilines is 12. The summed E-state index contributed by atoms with van der Waals surface area (Å²) < 4.78 is 13.7. The van der Waals surface area contributed by atoms with Gasteiger partial charge >= 0.3 is 0 Å². The monoisotopic (exact) mass is 1180 g/mol. The number of benzene rings is 4. The molecule has 5 heterocycles. The fraction of sp³-hybridized carbons (Fsp3) is 0.164. The molecule has 0 amide bonds. The number of hydrogen-bond acceptors (Lipinski definition) is 26. The Bertz CT molecular complexity index is 3940. The number of aromatic nitrogens is 10. The summed E-state index contributed by atoms with van der Waals surface area (Å²) >= 11 is 6.09. The Balaban J connectivity index is 0.000000182. The van der Waals surface area contributed by atoms with Gasteiger partial charge in [-0.15, -0.1) is 0 Å². The van der Waals surface area contributed by atoms with Crippen LogP contribution in [0.2, 0.25) is 5.02 Å². The number of rotatable bonds is 16. The van der Waals surface area contributed by atoms with Gasteiger partial charge in [-0.05, 0) is 93.3 Å². The van der Waals surface area contributed by atoms with Gasteiger partial charge in [0, 0.05) is 16.4 Å². The zero-order chi connectivity index (χ0) is 61.6. The molecular formula is C55H60ClFN22O6. The van der Waals surface area contributed by atoms with Gasteiger partial charge in [0.15, 0.2) is 0 Å². The standard InChI is InChI=1S/C15H19N5O.C14H13N7O3.C13H14ClN5O.C13H14FN5O/c1-9-5-10(2)13(11(3)6-9)20-15-12(7-19-21-4)14(16)17-8-18-15;1-24-18-5-8-11(15)16-6-17-12(8)19-9-4-2-3-7-10(9)14(23)21-20-13(7)22;1-8-10(14)4-3-5-11(8)19-13-9(6-18-20-2)12(15)16-7-17-13;1-8-3-4-10(14)11(5-8)19-13-9(6-18-20-2)12(15)16-7-17-13/h5-8H,1-4H3,(H3,16,17,18,20);2-6H,1H3,(H,20,22)(H,21,23)(H3,15,16,17,19);2*3-7H,1-2H3,(H3,15,16,17,19)/b19-7+;18-5+;2*18-6+. The molecule has 0 radical (unpaired) electrons. The van der Waals surface area contributed by atoms with Gasteiger partial charge in [0.2, 0.25) is 0 Å². The Kier molecular flexibility index (Phi) is 22.5. The van der Waals surface area contributed by atoms with Crippen LogP contribution in [0.15, 0.2) is 122 Å². The third-order valence-electron chi connectivity index (χ3n) is 11.7. The third-order valence-corrected chi connectivity index (χ3v) is 12.1. The molecule has 14 N–H and O–H groups in total. The van der Waals surface area contributed by atoms with E-state index in [2.05, 4.69) is 139 Å². The van der Waals surface area contributed by atoms with Gasteiger partial charge in [0.1, 0.15) is 106 Å². The summed E-state index contributed by atoms with van der Waals surface area (Å²) in [5.41, 5.74) is 32.3. The van der Waals surface area contributed by atoms with E-state index < -0.39 is 11.1 Å². The molecule has 0 spiro atoms. The first-order chi connectivity index (χ1) is 40.9. The molecule has 0 fully saturated rings. The summed E-state index contributed by atoms with van der Waals surface area (Å²) in [6.07, 6.45) is 11.0. The zero-order valence-corrected chi connectivity index (χ0v) is 48.1. The minimum Gasteiger partial charge on any atom is -0.399 e. The van der Waals surface area contributed by atoms with Crippen molar-refractivity contribution in [1.82, 2.24) is 50.1 Å². The van der Waals surface area contributed by atoms with Crippen molar-refractivity contribution >= 4 is 117 Å². The van der Waals surface area contributed by atoms with E-state index in [0.29, 0.717) is 73.6 Å². The van der Waals surface area contributed by atoms with Crippen LogP contribution in [0, 0.1) is 40.4 Å². The molecule has 0 aliphatic rings. The summed E-state index contributed by atoms with van der Waals surface area (Å²) in [6.45, 7) is 9.96. The van der Waals surface area contributed by atoms with Crippen LogP contribution in [0.1, 0.15) is 50.1 Å². The highest BCUT2D eigenvalue weighted by Gasteiger charge is 2.16. The molecule has 0 aliphatic carbocycles. The second kappa shape index (κ2) is 30.5. The van der Waals surface area contributed by atoms with Gasteiger partial charge in [-0.1, -0.05) is 68.1 Å². The van der Waals surface area contributed by atoms with Crippen molar-refractivity contribution in [3.63, 3.8) is 0 Å². The first-order valence-electron chi connectivity index (χ1n) is 25.0. The predicted octanol–water partition coefficient (Wildman–Crippen LogP) is 8.00. The van der Waals surface area contributed by atoms with Gasteiger partial charge < -0.3 is 63.6 Å². The molecule has 0 saturated heterocycles. The van der Waals surface area contributed by atoms with Crippen molar-refractivity contribution < 1.29 is 23.7 Å². The summed E-state index contributed by atoms with van der Waals surface area (Å²) in [6, 6.07) is 19.4. The highest BCUT2D eigenvalue weighted by Crippen LogP contribution is 2.30. The van der Waals surface area contributed by atoms with E-state index >= 15 is 0 Å². The van der Waals surface area contributed by atoms with E-state index in [4.69, 9.17) is 39.4 Å². The Morgan fingerprint density at radius 2 is 0.894 bits per heavy atom. The van der Waals surface area contributed by atoms with Crippen molar-refractivity contribution in [2.24, 2.45) is 20.6 Å². The fourth-order valence-corrected chi connectivity index (χ4v) is 7.83. The lowest BCUT2D eigenvalue weighted by Crippen LogP contribution is -2.20. The molecule has 0 atom stereocenters. The maximum Gasteiger partial charge on any atom is 0.272 e. The molecule has 30 heteroatoms. The average Bonchev–Trinajstić information content (AvgIpc) is 3.57. The smallest absolute Gasteiger partial charge is 0.272 e. The topological polar surface area (TPSA) is 407 Å². The van der Waals surface area contributed by atoms with E-state index in [1.54, 1.807) is 30.3 Å². The number of fused-ring (bicyclic) bond motifs is 1. The third kappa shape index (κ3) is 16.9. The zero-order valence-electron chi connectivity index (χ0n) is 47.4. The number of aromatic amines is 2. The van der Waals surface area contributed by atoms with Crippen molar-refractivity contribution in [2.75, 3.05) is 72.6 Å². The van der Waals surface area contributed by atoms with Crippen LogP contribution < -0.4 is 55.3 Å². The van der Waals surface area contributed by atoms with E-state index in [1.165, 1.54) is 90.2 Å². The lowest BCUT2D eigenvalue weighted by atomic mass is 10.0. The molecule has 9 aromatic rings. The Labute approximate surface area is 490 Å². The molecule has 0 aliphatic heterocycles. The maximum atomic E-state index is 13.7.